The van der Waals surface area contributed by atoms with Gasteiger partial charge < -0.3 is 9.47 Å². The largest absolute Gasteiger partial charge is 0.481 e. The van der Waals surface area contributed by atoms with Crippen molar-refractivity contribution in [2.45, 2.75) is 6.61 Å². The summed E-state index contributed by atoms with van der Waals surface area (Å²) in [6.45, 7) is 0.210. The molecule has 0 spiro atoms. The molecule has 0 aliphatic rings. The van der Waals surface area contributed by atoms with Crippen LogP contribution in [0.3, 0.4) is 0 Å². The number of carbonyl (C=O) groups is 1. The lowest BCUT2D eigenvalue weighted by molar-refractivity contribution is 0.0472. The van der Waals surface area contributed by atoms with Crippen molar-refractivity contribution < 1.29 is 14.3 Å². The number of aromatic nitrogens is 1. The number of pyridine rings is 1. The summed E-state index contributed by atoms with van der Waals surface area (Å²) in [5.41, 5.74) is 1.23. The molecule has 0 saturated heterocycles. The van der Waals surface area contributed by atoms with Crippen LogP contribution in [-0.2, 0) is 11.3 Å². The normalized spacial score (nSPS) is 10.0. The maximum absolute atomic E-state index is 11.9. The highest BCUT2D eigenvalue weighted by Gasteiger charge is 2.11. The SMILES string of the molecule is COc1cc(C(=O)OCc2ccccc2)cc(Cl)n1. The van der Waals surface area contributed by atoms with Crippen LogP contribution in [0.2, 0.25) is 5.15 Å². The smallest absolute Gasteiger partial charge is 0.338 e. The third kappa shape index (κ3) is 3.69. The summed E-state index contributed by atoms with van der Waals surface area (Å²) in [5, 5.41) is 0.186. The molecule has 0 fully saturated rings. The first-order valence-electron chi connectivity index (χ1n) is 5.61. The van der Waals surface area contributed by atoms with E-state index in [0.29, 0.717) is 5.56 Å². The van der Waals surface area contributed by atoms with Gasteiger partial charge in [-0.15, -0.1) is 0 Å². The van der Waals surface area contributed by atoms with Crippen molar-refractivity contribution in [2.75, 3.05) is 7.11 Å². The lowest BCUT2D eigenvalue weighted by Crippen LogP contribution is -2.06. The van der Waals surface area contributed by atoms with E-state index in [1.807, 2.05) is 30.3 Å². The Morgan fingerprint density at radius 1 is 1.26 bits per heavy atom. The Morgan fingerprint density at radius 2 is 2.00 bits per heavy atom. The standard InChI is InChI=1S/C14H12ClNO3/c1-18-13-8-11(7-12(15)16-13)14(17)19-9-10-5-3-2-4-6-10/h2-8H,9H2,1H3. The summed E-state index contributed by atoms with van der Waals surface area (Å²) >= 11 is 5.79. The predicted molar refractivity (Wildman–Crippen MR) is 71.4 cm³/mol. The Labute approximate surface area is 115 Å². The zero-order valence-corrected chi connectivity index (χ0v) is 11.1. The highest BCUT2D eigenvalue weighted by molar-refractivity contribution is 6.29. The zero-order chi connectivity index (χ0) is 13.7. The van der Waals surface area contributed by atoms with Crippen molar-refractivity contribution in [3.8, 4) is 5.88 Å². The van der Waals surface area contributed by atoms with Crippen LogP contribution in [0, 0.1) is 0 Å². The summed E-state index contributed by atoms with van der Waals surface area (Å²) in [7, 11) is 1.46. The van der Waals surface area contributed by atoms with E-state index < -0.39 is 5.97 Å². The second-order valence-electron chi connectivity index (χ2n) is 3.78. The number of hydrogen-bond donors (Lipinski definition) is 0. The van der Waals surface area contributed by atoms with E-state index in [9.17, 15) is 4.79 Å². The summed E-state index contributed by atoms with van der Waals surface area (Å²) in [5.74, 6) is -0.189. The van der Waals surface area contributed by atoms with Gasteiger partial charge in [-0.3, -0.25) is 0 Å². The number of benzene rings is 1. The molecule has 4 nitrogen and oxygen atoms in total. The van der Waals surface area contributed by atoms with Gasteiger partial charge in [-0.2, -0.15) is 0 Å². The lowest BCUT2D eigenvalue weighted by atomic mass is 10.2. The van der Waals surface area contributed by atoms with Crippen LogP contribution in [-0.4, -0.2) is 18.1 Å². The van der Waals surface area contributed by atoms with E-state index in [2.05, 4.69) is 4.98 Å². The number of carbonyl (C=O) groups excluding carboxylic acids is 1. The minimum absolute atomic E-state index is 0.186. The molecule has 1 aromatic carbocycles. The number of halogens is 1. The van der Waals surface area contributed by atoms with Gasteiger partial charge in [-0.25, -0.2) is 9.78 Å². The highest BCUT2D eigenvalue weighted by atomic mass is 35.5. The van der Waals surface area contributed by atoms with Gasteiger partial charge in [0, 0.05) is 6.07 Å². The number of nitrogens with zero attached hydrogens (tertiary/aromatic N) is 1. The van der Waals surface area contributed by atoms with Crippen LogP contribution >= 0.6 is 11.6 Å². The van der Waals surface area contributed by atoms with E-state index in [4.69, 9.17) is 21.1 Å². The third-order valence-electron chi connectivity index (χ3n) is 2.43. The minimum atomic E-state index is -0.466. The monoisotopic (exact) mass is 277 g/mol. The molecule has 98 valence electrons. The molecule has 0 saturated carbocycles. The van der Waals surface area contributed by atoms with Gasteiger partial charge in [0.05, 0.1) is 12.7 Å². The highest BCUT2D eigenvalue weighted by Crippen LogP contribution is 2.17. The van der Waals surface area contributed by atoms with Gasteiger partial charge in [0.25, 0.3) is 0 Å². The number of hydrogen-bond acceptors (Lipinski definition) is 4. The summed E-state index contributed by atoms with van der Waals surface area (Å²) < 4.78 is 10.1. The molecule has 0 unspecified atom stereocenters. The molecular formula is C14H12ClNO3. The van der Waals surface area contributed by atoms with Crippen LogP contribution < -0.4 is 4.74 Å². The van der Waals surface area contributed by atoms with Gasteiger partial charge >= 0.3 is 5.97 Å². The minimum Gasteiger partial charge on any atom is -0.481 e. The van der Waals surface area contributed by atoms with E-state index in [1.54, 1.807) is 0 Å². The molecule has 1 aromatic heterocycles. The van der Waals surface area contributed by atoms with E-state index in [0.717, 1.165) is 5.56 Å². The molecule has 2 rings (SSSR count). The Morgan fingerprint density at radius 3 is 2.68 bits per heavy atom. The average Bonchev–Trinajstić information content (AvgIpc) is 2.45. The maximum Gasteiger partial charge on any atom is 0.338 e. The fraction of sp³-hybridized carbons (Fsp3) is 0.143. The quantitative estimate of drug-likeness (QED) is 0.636. The molecule has 0 N–H and O–H groups in total. The van der Waals surface area contributed by atoms with Gasteiger partial charge in [0.2, 0.25) is 5.88 Å². The molecule has 5 heteroatoms. The van der Waals surface area contributed by atoms with Gasteiger partial charge in [0.1, 0.15) is 11.8 Å². The van der Waals surface area contributed by atoms with Gasteiger partial charge in [0.15, 0.2) is 0 Å². The number of rotatable bonds is 4. The van der Waals surface area contributed by atoms with Gasteiger partial charge in [-0.1, -0.05) is 41.9 Å². The second kappa shape index (κ2) is 6.20. The fourth-order valence-corrected chi connectivity index (χ4v) is 1.70. The van der Waals surface area contributed by atoms with E-state index in [1.165, 1.54) is 19.2 Å². The van der Waals surface area contributed by atoms with Crippen LogP contribution in [0.25, 0.3) is 0 Å². The molecule has 0 radical (unpaired) electrons. The average molecular weight is 278 g/mol. The molecule has 19 heavy (non-hydrogen) atoms. The third-order valence-corrected chi connectivity index (χ3v) is 2.62. The molecular weight excluding hydrogens is 266 g/mol. The van der Waals surface area contributed by atoms with Crippen LogP contribution in [0.4, 0.5) is 0 Å². The van der Waals surface area contributed by atoms with Crippen molar-refractivity contribution in [3.05, 3.63) is 58.7 Å². The van der Waals surface area contributed by atoms with Crippen LogP contribution in [0.1, 0.15) is 15.9 Å². The molecule has 0 aliphatic heterocycles. The first kappa shape index (κ1) is 13.4. The fourth-order valence-electron chi connectivity index (χ4n) is 1.50. The van der Waals surface area contributed by atoms with E-state index >= 15 is 0 Å². The Bertz CT molecular complexity index is 572. The molecule has 0 aliphatic carbocycles. The van der Waals surface area contributed by atoms with Crippen molar-refractivity contribution in [1.29, 1.82) is 0 Å². The number of esters is 1. The summed E-state index contributed by atoms with van der Waals surface area (Å²) in [4.78, 5) is 15.8. The van der Waals surface area contributed by atoms with E-state index in [-0.39, 0.29) is 17.6 Å². The van der Waals surface area contributed by atoms with Gasteiger partial charge in [-0.05, 0) is 11.6 Å². The molecule has 1 heterocycles. The van der Waals surface area contributed by atoms with Crippen molar-refractivity contribution >= 4 is 17.6 Å². The predicted octanol–water partition coefficient (Wildman–Crippen LogP) is 3.10. The summed E-state index contributed by atoms with van der Waals surface area (Å²) in [6.07, 6.45) is 0. The van der Waals surface area contributed by atoms with Crippen molar-refractivity contribution in [3.63, 3.8) is 0 Å². The van der Waals surface area contributed by atoms with Crippen LogP contribution in [0.5, 0.6) is 5.88 Å². The Hall–Kier alpha value is -2.07. The van der Waals surface area contributed by atoms with Crippen LogP contribution in [0.15, 0.2) is 42.5 Å². The first-order valence-corrected chi connectivity index (χ1v) is 5.99. The molecule has 0 atom stereocenters. The first-order chi connectivity index (χ1) is 9.19. The van der Waals surface area contributed by atoms with Crippen molar-refractivity contribution in [2.24, 2.45) is 0 Å². The Kier molecular flexibility index (Phi) is 4.36. The second-order valence-corrected chi connectivity index (χ2v) is 4.17. The molecule has 2 aromatic rings. The topological polar surface area (TPSA) is 48.4 Å². The zero-order valence-electron chi connectivity index (χ0n) is 10.3. The molecule has 0 bridgehead atoms. The number of ether oxygens (including phenoxy) is 2. The summed E-state index contributed by atoms with van der Waals surface area (Å²) in [6, 6.07) is 12.4. The molecule has 0 amide bonds. The number of methoxy groups -OCH3 is 1. The Balaban J connectivity index is 2.06. The maximum atomic E-state index is 11.9. The lowest BCUT2D eigenvalue weighted by Gasteiger charge is -2.06. The van der Waals surface area contributed by atoms with Crippen molar-refractivity contribution in [1.82, 2.24) is 4.98 Å².